The zero-order chi connectivity index (χ0) is 11.3. The first-order valence-corrected chi connectivity index (χ1v) is 5.87. The van der Waals surface area contributed by atoms with E-state index < -0.39 is 0 Å². The van der Waals surface area contributed by atoms with E-state index in [1.54, 1.807) is 6.20 Å². The largest absolute Gasteiger partial charge is 0.395 e. The summed E-state index contributed by atoms with van der Waals surface area (Å²) in [4.78, 5) is 6.33. The fraction of sp³-hybridized carbons (Fsp3) is 0.545. The van der Waals surface area contributed by atoms with E-state index in [1.807, 2.05) is 6.20 Å². The van der Waals surface area contributed by atoms with Gasteiger partial charge in [-0.15, -0.1) is 0 Å². The van der Waals surface area contributed by atoms with Crippen molar-refractivity contribution in [1.29, 1.82) is 0 Å². The molecule has 0 atom stereocenters. The average Bonchev–Trinajstić information content (AvgIpc) is 2.17. The second-order valence-electron chi connectivity index (χ2n) is 3.80. The Hall–Kier alpha value is -0.450. The van der Waals surface area contributed by atoms with Crippen LogP contribution in [0.3, 0.4) is 0 Å². The molecule has 1 rings (SSSR count). The standard InChI is InChI=1S/C11H17BrN2O/c1-9(2)14(3-4-15)8-10-5-11(12)7-13-6-10/h5-7,9,15H,3-4,8H2,1-2H3. The zero-order valence-corrected chi connectivity index (χ0v) is 10.7. The van der Waals surface area contributed by atoms with Crippen LogP contribution >= 0.6 is 15.9 Å². The van der Waals surface area contributed by atoms with Crippen LogP contribution in [0, 0.1) is 0 Å². The second kappa shape index (κ2) is 6.20. The maximum Gasteiger partial charge on any atom is 0.0558 e. The lowest BCUT2D eigenvalue weighted by atomic mass is 10.2. The van der Waals surface area contributed by atoms with E-state index in [4.69, 9.17) is 5.11 Å². The van der Waals surface area contributed by atoms with E-state index in [0.717, 1.165) is 16.6 Å². The first-order valence-electron chi connectivity index (χ1n) is 5.08. The van der Waals surface area contributed by atoms with Gasteiger partial charge in [0.25, 0.3) is 0 Å². The van der Waals surface area contributed by atoms with E-state index in [0.29, 0.717) is 12.6 Å². The number of pyridine rings is 1. The van der Waals surface area contributed by atoms with E-state index in [2.05, 4.69) is 45.7 Å². The number of hydrogen-bond acceptors (Lipinski definition) is 3. The molecule has 3 nitrogen and oxygen atoms in total. The summed E-state index contributed by atoms with van der Waals surface area (Å²) < 4.78 is 0.993. The molecule has 1 aromatic heterocycles. The Morgan fingerprint density at radius 2 is 2.20 bits per heavy atom. The molecule has 0 amide bonds. The molecule has 0 radical (unpaired) electrons. The Kier molecular flexibility index (Phi) is 5.22. The Morgan fingerprint density at radius 1 is 1.47 bits per heavy atom. The van der Waals surface area contributed by atoms with Crippen LogP contribution in [0.2, 0.25) is 0 Å². The summed E-state index contributed by atoms with van der Waals surface area (Å²) in [5.41, 5.74) is 1.16. The second-order valence-corrected chi connectivity index (χ2v) is 4.71. The third-order valence-corrected chi connectivity index (χ3v) is 2.70. The van der Waals surface area contributed by atoms with Crippen molar-refractivity contribution in [3.05, 3.63) is 28.5 Å². The first kappa shape index (κ1) is 12.6. The van der Waals surface area contributed by atoms with Crippen molar-refractivity contribution in [1.82, 2.24) is 9.88 Å². The predicted octanol–water partition coefficient (Wildman–Crippen LogP) is 2.05. The molecule has 0 bridgehead atoms. The molecule has 0 aliphatic rings. The summed E-state index contributed by atoms with van der Waals surface area (Å²) in [5.74, 6) is 0. The number of hydrogen-bond donors (Lipinski definition) is 1. The fourth-order valence-corrected chi connectivity index (χ4v) is 1.84. The van der Waals surface area contributed by atoms with Gasteiger partial charge in [0, 0.05) is 36.0 Å². The van der Waals surface area contributed by atoms with Gasteiger partial charge in [-0.3, -0.25) is 9.88 Å². The van der Waals surface area contributed by atoms with Crippen molar-refractivity contribution < 1.29 is 5.11 Å². The molecule has 1 N–H and O–H groups in total. The Balaban J connectivity index is 2.65. The van der Waals surface area contributed by atoms with E-state index in [-0.39, 0.29) is 6.61 Å². The molecular weight excluding hydrogens is 256 g/mol. The third-order valence-electron chi connectivity index (χ3n) is 2.26. The molecule has 0 spiro atoms. The maximum absolute atomic E-state index is 8.95. The highest BCUT2D eigenvalue weighted by Gasteiger charge is 2.09. The normalized spacial score (nSPS) is 11.3. The van der Waals surface area contributed by atoms with Gasteiger partial charge in [0.15, 0.2) is 0 Å². The van der Waals surface area contributed by atoms with Gasteiger partial charge >= 0.3 is 0 Å². The molecule has 0 aromatic carbocycles. The Morgan fingerprint density at radius 3 is 2.73 bits per heavy atom. The average molecular weight is 273 g/mol. The number of aromatic nitrogens is 1. The van der Waals surface area contributed by atoms with Crippen LogP contribution in [-0.2, 0) is 6.54 Å². The van der Waals surface area contributed by atoms with E-state index in [9.17, 15) is 0 Å². The molecule has 0 unspecified atom stereocenters. The van der Waals surface area contributed by atoms with Gasteiger partial charge in [-0.25, -0.2) is 0 Å². The van der Waals surface area contributed by atoms with Crippen LogP contribution in [0.1, 0.15) is 19.4 Å². The molecule has 0 aliphatic heterocycles. The van der Waals surface area contributed by atoms with Crippen LogP contribution in [0.15, 0.2) is 22.9 Å². The molecule has 1 heterocycles. The minimum atomic E-state index is 0.194. The van der Waals surface area contributed by atoms with Gasteiger partial charge in [0.2, 0.25) is 0 Å². The minimum absolute atomic E-state index is 0.194. The molecule has 0 saturated carbocycles. The molecule has 15 heavy (non-hydrogen) atoms. The number of rotatable bonds is 5. The van der Waals surface area contributed by atoms with Crippen molar-refractivity contribution in [3.63, 3.8) is 0 Å². The van der Waals surface area contributed by atoms with Gasteiger partial charge in [-0.1, -0.05) is 0 Å². The number of aliphatic hydroxyl groups excluding tert-OH is 1. The fourth-order valence-electron chi connectivity index (χ4n) is 1.43. The van der Waals surface area contributed by atoms with Gasteiger partial charge in [0.05, 0.1) is 6.61 Å². The Labute approximate surface area is 99.3 Å². The number of aliphatic hydroxyl groups is 1. The van der Waals surface area contributed by atoms with Crippen LogP contribution < -0.4 is 0 Å². The summed E-state index contributed by atoms with van der Waals surface area (Å²) in [5, 5.41) is 8.95. The quantitative estimate of drug-likeness (QED) is 0.892. The van der Waals surface area contributed by atoms with Crippen molar-refractivity contribution >= 4 is 15.9 Å². The molecule has 0 saturated heterocycles. The maximum atomic E-state index is 8.95. The monoisotopic (exact) mass is 272 g/mol. The van der Waals surface area contributed by atoms with Crippen LogP contribution in [0.5, 0.6) is 0 Å². The van der Waals surface area contributed by atoms with E-state index >= 15 is 0 Å². The van der Waals surface area contributed by atoms with Gasteiger partial charge in [-0.2, -0.15) is 0 Å². The van der Waals surface area contributed by atoms with Gasteiger partial charge in [-0.05, 0) is 41.4 Å². The number of nitrogens with zero attached hydrogens (tertiary/aromatic N) is 2. The molecule has 1 aromatic rings. The van der Waals surface area contributed by atoms with Crippen LogP contribution in [0.4, 0.5) is 0 Å². The van der Waals surface area contributed by atoms with Crippen molar-refractivity contribution in [2.24, 2.45) is 0 Å². The molecule has 0 aliphatic carbocycles. The highest BCUT2D eigenvalue weighted by molar-refractivity contribution is 9.10. The smallest absolute Gasteiger partial charge is 0.0558 e. The summed E-state index contributed by atoms with van der Waals surface area (Å²) in [6.07, 6.45) is 3.63. The van der Waals surface area contributed by atoms with Crippen molar-refractivity contribution in [2.45, 2.75) is 26.4 Å². The van der Waals surface area contributed by atoms with Gasteiger partial charge < -0.3 is 5.11 Å². The van der Waals surface area contributed by atoms with Crippen molar-refractivity contribution in [3.8, 4) is 0 Å². The molecule has 4 heteroatoms. The number of halogens is 1. The van der Waals surface area contributed by atoms with Gasteiger partial charge in [0.1, 0.15) is 0 Å². The summed E-state index contributed by atoms with van der Waals surface area (Å²) in [6.45, 7) is 5.97. The lowest BCUT2D eigenvalue weighted by Gasteiger charge is -2.25. The predicted molar refractivity (Wildman–Crippen MR) is 64.6 cm³/mol. The lowest BCUT2D eigenvalue weighted by Crippen LogP contribution is -2.32. The van der Waals surface area contributed by atoms with Crippen molar-refractivity contribution in [2.75, 3.05) is 13.2 Å². The minimum Gasteiger partial charge on any atom is -0.395 e. The molecular formula is C11H17BrN2O. The SMILES string of the molecule is CC(C)N(CCO)Cc1cncc(Br)c1. The Bertz CT molecular complexity index is 304. The molecule has 0 fully saturated rings. The van der Waals surface area contributed by atoms with E-state index in [1.165, 1.54) is 0 Å². The highest BCUT2D eigenvalue weighted by atomic mass is 79.9. The lowest BCUT2D eigenvalue weighted by molar-refractivity contribution is 0.159. The topological polar surface area (TPSA) is 36.4 Å². The van der Waals surface area contributed by atoms with Crippen LogP contribution in [-0.4, -0.2) is 34.2 Å². The summed E-state index contributed by atoms with van der Waals surface area (Å²) >= 11 is 3.40. The summed E-state index contributed by atoms with van der Waals surface area (Å²) in [6, 6.07) is 2.48. The third kappa shape index (κ3) is 4.28. The zero-order valence-electron chi connectivity index (χ0n) is 9.15. The molecule has 84 valence electrons. The highest BCUT2D eigenvalue weighted by Crippen LogP contribution is 2.12. The summed E-state index contributed by atoms with van der Waals surface area (Å²) in [7, 11) is 0. The first-order chi connectivity index (χ1) is 7.13. The van der Waals surface area contributed by atoms with Crippen LogP contribution in [0.25, 0.3) is 0 Å².